The van der Waals surface area contributed by atoms with Gasteiger partial charge in [0, 0.05) is 32.7 Å². The van der Waals surface area contributed by atoms with Crippen molar-refractivity contribution in [3.8, 4) is 11.1 Å². The molecule has 5 nitrogen and oxygen atoms in total. The predicted octanol–water partition coefficient (Wildman–Crippen LogP) is 4.60. The molecule has 0 aliphatic heterocycles. The third-order valence-corrected chi connectivity index (χ3v) is 3.09. The van der Waals surface area contributed by atoms with Gasteiger partial charge in [0.15, 0.2) is 0 Å². The van der Waals surface area contributed by atoms with E-state index in [0.717, 1.165) is 4.52 Å². The minimum atomic E-state index is -4.50. The van der Waals surface area contributed by atoms with Gasteiger partial charge in [-0.25, -0.2) is 13.2 Å². The third kappa shape index (κ3) is 5.36. The molecule has 3 rings (SSSR count). The number of benzene rings is 1. The van der Waals surface area contributed by atoms with E-state index < -0.39 is 6.18 Å². The standard InChI is InChI=1S/C13H8ClF3N5.C2H6.Y/c14-10-9(8-4-2-1-3-5-8)11(18-6-13(15,16)17)22-12(21-10)19-7-20-22;1-2;/h1-7,18H;1-2H3;/q-1;;. The van der Waals surface area contributed by atoms with Crippen molar-refractivity contribution in [3.05, 3.63) is 48.4 Å². The Morgan fingerprint density at radius 3 is 2.40 bits per heavy atom. The molecule has 2 heterocycles. The monoisotopic (exact) mass is 445 g/mol. The Morgan fingerprint density at radius 1 is 1.16 bits per heavy atom. The Morgan fingerprint density at radius 2 is 1.80 bits per heavy atom. The fraction of sp³-hybridized carbons (Fsp3) is 0.200. The fourth-order valence-electron chi connectivity index (χ4n) is 1.96. The summed E-state index contributed by atoms with van der Waals surface area (Å²) < 4.78 is 38.6. The van der Waals surface area contributed by atoms with Crippen LogP contribution in [-0.4, -0.2) is 25.8 Å². The van der Waals surface area contributed by atoms with Crippen molar-refractivity contribution in [2.24, 2.45) is 0 Å². The van der Waals surface area contributed by atoms with E-state index in [0.29, 0.717) is 11.1 Å². The van der Waals surface area contributed by atoms with Crippen molar-refractivity contribution >= 4 is 23.2 Å². The Labute approximate surface area is 172 Å². The molecule has 0 amide bonds. The molecule has 0 saturated heterocycles. The van der Waals surface area contributed by atoms with Crippen LogP contribution < -0.4 is 5.32 Å². The zero-order valence-electron chi connectivity index (χ0n) is 13.4. The number of nitrogens with zero attached hydrogens (tertiary/aromatic N) is 4. The van der Waals surface area contributed by atoms with Gasteiger partial charge in [0.1, 0.15) is 17.3 Å². The molecule has 0 saturated carbocycles. The Hall–Kier alpha value is -1.25. The van der Waals surface area contributed by atoms with Crippen LogP contribution in [0, 0.1) is 6.54 Å². The quantitative estimate of drug-likeness (QED) is 0.473. The second-order valence-electron chi connectivity index (χ2n) is 4.29. The van der Waals surface area contributed by atoms with Gasteiger partial charge in [-0.1, -0.05) is 55.8 Å². The molecule has 131 valence electrons. The molecule has 1 radical (unpaired) electrons. The summed E-state index contributed by atoms with van der Waals surface area (Å²) in [6.07, 6.45) is -3.32. The number of rotatable bonds is 3. The number of anilines is 1. The molecule has 0 atom stereocenters. The van der Waals surface area contributed by atoms with Crippen LogP contribution in [0.2, 0.25) is 5.15 Å². The first-order valence-electron chi connectivity index (χ1n) is 7.08. The van der Waals surface area contributed by atoms with Crippen LogP contribution in [-0.2, 0) is 32.7 Å². The number of halogens is 4. The van der Waals surface area contributed by atoms with Crippen LogP contribution >= 0.6 is 11.6 Å². The van der Waals surface area contributed by atoms with E-state index in [4.69, 9.17) is 11.6 Å². The smallest absolute Gasteiger partial charge is 0.286 e. The normalized spacial score (nSPS) is 10.6. The number of aromatic nitrogens is 4. The van der Waals surface area contributed by atoms with Gasteiger partial charge in [-0.05, 0) is 5.56 Å². The minimum Gasteiger partial charge on any atom is -0.511 e. The van der Waals surface area contributed by atoms with Gasteiger partial charge in [0.05, 0.1) is 5.56 Å². The number of nitrogens with one attached hydrogen (secondary N) is 1. The number of hydrogen-bond donors (Lipinski definition) is 1. The molecule has 0 bridgehead atoms. The molecule has 25 heavy (non-hydrogen) atoms. The molecule has 1 aromatic carbocycles. The number of alkyl halides is 3. The fourth-order valence-corrected chi connectivity index (χ4v) is 2.24. The van der Waals surface area contributed by atoms with E-state index in [1.807, 2.05) is 13.8 Å². The molecule has 1 N–H and O–H groups in total. The topological polar surface area (TPSA) is 55.1 Å². The van der Waals surface area contributed by atoms with Crippen LogP contribution in [0.1, 0.15) is 13.8 Å². The van der Waals surface area contributed by atoms with Crippen LogP contribution in [0.25, 0.3) is 16.9 Å². The van der Waals surface area contributed by atoms with E-state index in [1.165, 1.54) is 6.33 Å². The van der Waals surface area contributed by atoms with Crippen molar-refractivity contribution in [3.63, 3.8) is 0 Å². The van der Waals surface area contributed by atoms with E-state index in [9.17, 15) is 13.2 Å². The summed E-state index contributed by atoms with van der Waals surface area (Å²) in [6.45, 7) is 4.01. The average Bonchev–Trinajstić information content (AvgIpc) is 3.02. The molecule has 0 spiro atoms. The first-order chi connectivity index (χ1) is 11.5. The Kier molecular flexibility index (Phi) is 8.24. The molecule has 0 aliphatic carbocycles. The molecular formula is C15H14ClF3N5Y-. The zero-order chi connectivity index (χ0) is 17.7. The van der Waals surface area contributed by atoms with E-state index in [-0.39, 0.29) is 56.0 Å². The van der Waals surface area contributed by atoms with Crippen molar-refractivity contribution in [1.29, 1.82) is 0 Å². The summed E-state index contributed by atoms with van der Waals surface area (Å²) in [5, 5.41) is 6.12. The molecule has 0 fully saturated rings. The second kappa shape index (κ2) is 9.45. The van der Waals surface area contributed by atoms with Gasteiger partial charge < -0.3 is 5.32 Å². The average molecular weight is 446 g/mol. The van der Waals surface area contributed by atoms with Crippen molar-refractivity contribution in [2.45, 2.75) is 20.0 Å². The summed E-state index contributed by atoms with van der Waals surface area (Å²) in [5.41, 5.74) is 0.913. The summed E-state index contributed by atoms with van der Waals surface area (Å²) in [7, 11) is 0. The van der Waals surface area contributed by atoms with Gasteiger partial charge >= 0.3 is 0 Å². The maximum absolute atomic E-state index is 12.5. The van der Waals surface area contributed by atoms with Crippen molar-refractivity contribution < 1.29 is 45.9 Å². The minimum absolute atomic E-state index is 0. The zero-order valence-corrected chi connectivity index (χ0v) is 17.0. The van der Waals surface area contributed by atoms with Gasteiger partial charge in [-0.3, -0.25) is 0 Å². The number of hydrogen-bond acceptors (Lipinski definition) is 4. The molecule has 3 aromatic rings. The first kappa shape index (κ1) is 21.8. The van der Waals surface area contributed by atoms with Gasteiger partial charge in [0.2, 0.25) is 0 Å². The second-order valence-corrected chi connectivity index (χ2v) is 4.65. The van der Waals surface area contributed by atoms with Gasteiger partial charge in [-0.2, -0.15) is 19.6 Å². The predicted molar refractivity (Wildman–Crippen MR) is 86.6 cm³/mol. The summed E-state index contributed by atoms with van der Waals surface area (Å²) in [5.74, 6) is 0.138. The van der Waals surface area contributed by atoms with Crippen LogP contribution in [0.5, 0.6) is 0 Å². The SMILES string of the molecule is CC.FC(F)(F)[CH-]Nc1c(-c2ccccc2)c(Cl)nc2ncnn12.[Y]. The van der Waals surface area contributed by atoms with Gasteiger partial charge in [-0.15, -0.1) is 6.54 Å². The van der Waals surface area contributed by atoms with Crippen LogP contribution in [0.3, 0.4) is 0 Å². The Bertz CT molecular complexity index is 808. The molecule has 0 unspecified atom stereocenters. The first-order valence-corrected chi connectivity index (χ1v) is 7.46. The third-order valence-electron chi connectivity index (χ3n) is 2.82. The summed E-state index contributed by atoms with van der Waals surface area (Å²) >= 11 is 6.12. The molecule has 0 aliphatic rings. The number of fused-ring (bicyclic) bond motifs is 1. The summed E-state index contributed by atoms with van der Waals surface area (Å²) in [6, 6.07) is 8.70. The Balaban J connectivity index is 0.00000101. The maximum atomic E-state index is 12.5. The van der Waals surface area contributed by atoms with Crippen molar-refractivity contribution in [2.75, 3.05) is 5.32 Å². The van der Waals surface area contributed by atoms with Gasteiger partial charge in [0.25, 0.3) is 12.0 Å². The molecule has 2 aromatic heterocycles. The van der Waals surface area contributed by atoms with Crippen LogP contribution in [0.4, 0.5) is 19.0 Å². The molecular weight excluding hydrogens is 432 g/mol. The van der Waals surface area contributed by atoms with Crippen molar-refractivity contribution in [1.82, 2.24) is 19.6 Å². The molecule has 10 heteroatoms. The van der Waals surface area contributed by atoms with E-state index in [2.05, 4.69) is 20.4 Å². The van der Waals surface area contributed by atoms with Crippen LogP contribution in [0.15, 0.2) is 36.7 Å². The van der Waals surface area contributed by atoms with E-state index >= 15 is 0 Å². The maximum Gasteiger partial charge on any atom is 0.286 e. The summed E-state index contributed by atoms with van der Waals surface area (Å²) in [4.78, 5) is 7.88. The van der Waals surface area contributed by atoms with E-state index in [1.54, 1.807) is 30.3 Å². The largest absolute Gasteiger partial charge is 0.511 e.